The second-order valence-electron chi connectivity index (χ2n) is 8.31. The van der Waals surface area contributed by atoms with E-state index in [-0.39, 0.29) is 11.3 Å². The van der Waals surface area contributed by atoms with Crippen molar-refractivity contribution in [2.24, 2.45) is 5.41 Å². The molecule has 0 aliphatic carbocycles. The lowest BCUT2D eigenvalue weighted by atomic mass is 9.76. The fourth-order valence-corrected chi connectivity index (χ4v) is 4.23. The molecule has 6 heteroatoms. The molecule has 28 heavy (non-hydrogen) atoms. The normalized spacial score (nSPS) is 21.2. The minimum absolute atomic E-state index is 0.0466. The van der Waals surface area contributed by atoms with Gasteiger partial charge in [0, 0.05) is 37.3 Å². The number of ether oxygens (including phenoxy) is 2. The summed E-state index contributed by atoms with van der Waals surface area (Å²) in [5.74, 6) is 2.67. The van der Waals surface area contributed by atoms with Gasteiger partial charge in [-0.2, -0.15) is 0 Å². The third kappa shape index (κ3) is 4.11. The number of amides is 1. The molecule has 0 N–H and O–H groups in total. The van der Waals surface area contributed by atoms with Gasteiger partial charge >= 0.3 is 0 Å². The third-order valence-corrected chi connectivity index (χ3v) is 5.57. The topological polar surface area (TPSA) is 64.6 Å². The Morgan fingerprint density at radius 1 is 1.11 bits per heavy atom. The summed E-state index contributed by atoms with van der Waals surface area (Å²) in [5, 5.41) is 0. The molecule has 0 unspecified atom stereocenters. The van der Waals surface area contributed by atoms with Gasteiger partial charge in [0.05, 0.1) is 0 Å². The van der Waals surface area contributed by atoms with Crippen LogP contribution in [0.15, 0.2) is 24.3 Å². The van der Waals surface area contributed by atoms with Crippen LogP contribution >= 0.6 is 0 Å². The number of hydrogen-bond donors (Lipinski definition) is 0. The van der Waals surface area contributed by atoms with Crippen LogP contribution in [0.4, 0.5) is 0 Å². The first-order valence-corrected chi connectivity index (χ1v) is 9.88. The quantitative estimate of drug-likeness (QED) is 0.796. The summed E-state index contributed by atoms with van der Waals surface area (Å²) in [6, 6.07) is 8.11. The van der Waals surface area contributed by atoms with Crippen LogP contribution in [0.25, 0.3) is 0 Å². The van der Waals surface area contributed by atoms with E-state index in [1.807, 2.05) is 30.9 Å². The summed E-state index contributed by atoms with van der Waals surface area (Å²) in [4.78, 5) is 23.5. The Kier molecular flexibility index (Phi) is 4.96. The Balaban J connectivity index is 1.42. The molecular weight excluding hydrogens is 354 g/mol. The highest BCUT2D eigenvalue weighted by atomic mass is 16.7. The van der Waals surface area contributed by atoms with E-state index < -0.39 is 0 Å². The van der Waals surface area contributed by atoms with Gasteiger partial charge in [-0.25, -0.2) is 9.97 Å². The summed E-state index contributed by atoms with van der Waals surface area (Å²) in [7, 11) is 0. The summed E-state index contributed by atoms with van der Waals surface area (Å²) < 4.78 is 10.9. The van der Waals surface area contributed by atoms with Gasteiger partial charge in [-0.15, -0.1) is 0 Å². The highest BCUT2D eigenvalue weighted by Gasteiger charge is 2.35. The van der Waals surface area contributed by atoms with E-state index >= 15 is 0 Å². The zero-order valence-corrected chi connectivity index (χ0v) is 16.8. The second kappa shape index (κ2) is 7.41. The Labute approximate surface area is 165 Å². The van der Waals surface area contributed by atoms with E-state index in [0.717, 1.165) is 48.1 Å². The van der Waals surface area contributed by atoms with Crippen LogP contribution in [0.2, 0.25) is 0 Å². The van der Waals surface area contributed by atoms with Gasteiger partial charge in [-0.1, -0.05) is 13.0 Å². The average molecular weight is 381 g/mol. The van der Waals surface area contributed by atoms with Crippen LogP contribution in [0.3, 0.4) is 0 Å². The molecule has 0 radical (unpaired) electrons. The molecule has 2 aliphatic heterocycles. The monoisotopic (exact) mass is 381 g/mol. The summed E-state index contributed by atoms with van der Waals surface area (Å²) in [6.45, 7) is 7.94. The lowest BCUT2D eigenvalue weighted by Gasteiger charge is -2.40. The van der Waals surface area contributed by atoms with Crippen molar-refractivity contribution in [1.82, 2.24) is 14.9 Å². The van der Waals surface area contributed by atoms with E-state index in [1.165, 1.54) is 5.56 Å². The molecule has 1 aromatic carbocycles. The number of piperidine rings is 1. The van der Waals surface area contributed by atoms with Gasteiger partial charge in [0.15, 0.2) is 11.5 Å². The van der Waals surface area contributed by atoms with Gasteiger partial charge in [0.1, 0.15) is 5.82 Å². The minimum atomic E-state index is 0.0466. The van der Waals surface area contributed by atoms with E-state index in [1.54, 1.807) is 0 Å². The van der Waals surface area contributed by atoms with Crippen LogP contribution in [0.1, 0.15) is 42.5 Å². The molecule has 2 aromatic rings. The van der Waals surface area contributed by atoms with Crippen molar-refractivity contribution in [3.63, 3.8) is 0 Å². The number of hydrogen-bond acceptors (Lipinski definition) is 5. The molecule has 0 saturated carbocycles. The lowest BCUT2D eigenvalue weighted by molar-refractivity contribution is -0.137. The second-order valence-corrected chi connectivity index (χ2v) is 8.31. The van der Waals surface area contributed by atoms with Crippen LogP contribution in [-0.4, -0.2) is 40.7 Å². The molecule has 1 aromatic heterocycles. The summed E-state index contributed by atoms with van der Waals surface area (Å²) in [6.07, 6.45) is 3.09. The maximum Gasteiger partial charge on any atom is 0.231 e. The molecular formula is C22H27N3O3. The molecule has 2 aliphatic rings. The zero-order valence-electron chi connectivity index (χ0n) is 16.8. The number of fused-ring (bicyclic) bond motifs is 1. The standard InChI is InChI=1S/C22H27N3O3/c1-15-10-16(2)24-20(23-15)7-9-25-13-22(3,8-6-21(25)26)12-17-4-5-18-19(11-17)28-14-27-18/h4-5,10-11H,6-9,12-14H2,1-3H3/t22-/m1/s1. The highest BCUT2D eigenvalue weighted by molar-refractivity contribution is 5.77. The number of nitrogens with zero attached hydrogens (tertiary/aromatic N) is 3. The molecule has 1 atom stereocenters. The predicted molar refractivity (Wildman–Crippen MR) is 105 cm³/mol. The van der Waals surface area contributed by atoms with Gasteiger partial charge in [-0.3, -0.25) is 4.79 Å². The highest BCUT2D eigenvalue weighted by Crippen LogP contribution is 2.37. The van der Waals surface area contributed by atoms with Crippen LogP contribution in [0.5, 0.6) is 11.5 Å². The zero-order chi connectivity index (χ0) is 19.7. The smallest absolute Gasteiger partial charge is 0.231 e. The van der Waals surface area contributed by atoms with Crippen molar-refractivity contribution < 1.29 is 14.3 Å². The number of likely N-dealkylation sites (tertiary alicyclic amines) is 1. The van der Waals surface area contributed by atoms with E-state index in [2.05, 4.69) is 29.0 Å². The number of rotatable bonds is 5. The number of aryl methyl sites for hydroxylation is 2. The van der Waals surface area contributed by atoms with E-state index in [4.69, 9.17) is 9.47 Å². The largest absolute Gasteiger partial charge is 0.454 e. The number of aromatic nitrogens is 2. The Morgan fingerprint density at radius 2 is 1.86 bits per heavy atom. The number of carbonyl (C=O) groups is 1. The Hall–Kier alpha value is -2.63. The van der Waals surface area contributed by atoms with Crippen molar-refractivity contribution in [3.05, 3.63) is 47.0 Å². The van der Waals surface area contributed by atoms with Crippen molar-refractivity contribution in [1.29, 1.82) is 0 Å². The van der Waals surface area contributed by atoms with E-state index in [9.17, 15) is 4.79 Å². The lowest BCUT2D eigenvalue weighted by Crippen LogP contribution is -2.47. The summed E-state index contributed by atoms with van der Waals surface area (Å²) in [5.41, 5.74) is 3.21. The molecule has 0 bridgehead atoms. The molecule has 1 saturated heterocycles. The maximum atomic E-state index is 12.5. The molecule has 6 nitrogen and oxygen atoms in total. The van der Waals surface area contributed by atoms with Crippen molar-refractivity contribution in [2.45, 2.75) is 46.5 Å². The molecule has 0 spiro atoms. The molecule has 4 rings (SSSR count). The first kappa shape index (κ1) is 18.7. The fraction of sp³-hybridized carbons (Fsp3) is 0.500. The van der Waals surface area contributed by atoms with Crippen molar-refractivity contribution in [2.75, 3.05) is 19.9 Å². The minimum Gasteiger partial charge on any atom is -0.454 e. The first-order chi connectivity index (χ1) is 13.4. The van der Waals surface area contributed by atoms with Crippen molar-refractivity contribution in [3.8, 4) is 11.5 Å². The fourth-order valence-electron chi connectivity index (χ4n) is 4.23. The molecule has 1 amide bonds. The first-order valence-electron chi connectivity index (χ1n) is 9.88. The van der Waals surface area contributed by atoms with Gasteiger partial charge in [0.25, 0.3) is 0 Å². The summed E-state index contributed by atoms with van der Waals surface area (Å²) >= 11 is 0. The van der Waals surface area contributed by atoms with Crippen molar-refractivity contribution >= 4 is 5.91 Å². The third-order valence-electron chi connectivity index (χ3n) is 5.57. The van der Waals surface area contributed by atoms with Crippen LogP contribution in [-0.2, 0) is 17.6 Å². The van der Waals surface area contributed by atoms with Crippen LogP contribution < -0.4 is 9.47 Å². The molecule has 3 heterocycles. The predicted octanol–water partition coefficient (Wildman–Crippen LogP) is 3.24. The number of benzene rings is 1. The van der Waals surface area contributed by atoms with Gasteiger partial charge in [-0.05, 0) is 55.9 Å². The van der Waals surface area contributed by atoms with Crippen LogP contribution in [0, 0.1) is 19.3 Å². The average Bonchev–Trinajstić information content (AvgIpc) is 3.10. The Bertz CT molecular complexity index is 878. The number of carbonyl (C=O) groups excluding carboxylic acids is 1. The van der Waals surface area contributed by atoms with Gasteiger partial charge < -0.3 is 14.4 Å². The Morgan fingerprint density at radius 3 is 2.64 bits per heavy atom. The SMILES string of the molecule is Cc1cc(C)nc(CCN2C[C@@](C)(Cc3ccc4c(c3)OCO4)CCC2=O)n1. The molecule has 1 fully saturated rings. The van der Waals surface area contributed by atoms with E-state index in [0.29, 0.717) is 26.2 Å². The molecule has 148 valence electrons. The van der Waals surface area contributed by atoms with Gasteiger partial charge in [0.2, 0.25) is 12.7 Å². The maximum absolute atomic E-state index is 12.5.